The lowest BCUT2D eigenvalue weighted by atomic mass is 10.0. The van der Waals surface area contributed by atoms with E-state index in [9.17, 15) is 4.79 Å². The molecule has 1 aliphatic rings. The van der Waals surface area contributed by atoms with Gasteiger partial charge in [0, 0.05) is 35.7 Å². The van der Waals surface area contributed by atoms with Crippen LogP contribution >= 0.6 is 0 Å². The predicted molar refractivity (Wildman–Crippen MR) is 84.0 cm³/mol. The quantitative estimate of drug-likeness (QED) is 0.809. The molecule has 0 saturated carbocycles. The molecule has 112 valence electrons. The Balaban J connectivity index is 1.71. The van der Waals surface area contributed by atoms with Crippen LogP contribution in [0.15, 0.2) is 24.3 Å². The molecule has 2 heterocycles. The van der Waals surface area contributed by atoms with Crippen LogP contribution in [0, 0.1) is 0 Å². The fraction of sp³-hybridized carbons (Fsp3) is 0.438. The topological polar surface area (TPSA) is 68.4 Å². The Hall–Kier alpha value is -2.01. The molecular weight excluding hydrogens is 266 g/mol. The van der Waals surface area contributed by atoms with Crippen LogP contribution < -0.4 is 5.32 Å². The molecule has 0 bridgehead atoms. The maximum Gasteiger partial charge on any atom is 0.352 e. The highest BCUT2D eigenvalue weighted by Crippen LogP contribution is 2.22. The molecule has 1 aliphatic heterocycles. The first-order valence-electron chi connectivity index (χ1n) is 7.50. The summed E-state index contributed by atoms with van der Waals surface area (Å²) < 4.78 is 0. The van der Waals surface area contributed by atoms with E-state index < -0.39 is 5.97 Å². The number of rotatable bonds is 4. The van der Waals surface area contributed by atoms with Crippen molar-refractivity contribution >= 4 is 22.6 Å². The summed E-state index contributed by atoms with van der Waals surface area (Å²) in [6.07, 6.45) is 2.30. The number of H-pyrrole nitrogens is 1. The Bertz CT molecular complexity index is 642. The van der Waals surface area contributed by atoms with Gasteiger partial charge in [0.15, 0.2) is 0 Å². The van der Waals surface area contributed by atoms with Crippen LogP contribution in [0.4, 0.5) is 5.69 Å². The van der Waals surface area contributed by atoms with Crippen molar-refractivity contribution in [1.82, 2.24) is 9.88 Å². The minimum atomic E-state index is -0.923. The Morgan fingerprint density at radius 2 is 2.14 bits per heavy atom. The number of nitrogens with one attached hydrogen (secondary N) is 2. The highest BCUT2D eigenvalue weighted by Gasteiger charge is 2.17. The van der Waals surface area contributed by atoms with E-state index in [0.717, 1.165) is 49.1 Å². The van der Waals surface area contributed by atoms with E-state index in [0.29, 0.717) is 6.04 Å². The van der Waals surface area contributed by atoms with Gasteiger partial charge in [-0.25, -0.2) is 4.79 Å². The van der Waals surface area contributed by atoms with Crippen molar-refractivity contribution in [2.75, 3.05) is 25.0 Å². The summed E-state index contributed by atoms with van der Waals surface area (Å²) in [7, 11) is 0. The van der Waals surface area contributed by atoms with Gasteiger partial charge in [-0.2, -0.15) is 0 Å². The molecule has 0 amide bonds. The van der Waals surface area contributed by atoms with Crippen molar-refractivity contribution in [3.8, 4) is 0 Å². The monoisotopic (exact) mass is 287 g/mol. The van der Waals surface area contributed by atoms with Gasteiger partial charge < -0.3 is 20.3 Å². The first-order chi connectivity index (χ1) is 10.2. The van der Waals surface area contributed by atoms with Gasteiger partial charge >= 0.3 is 5.97 Å². The summed E-state index contributed by atoms with van der Waals surface area (Å²) in [6.45, 7) is 5.61. The fourth-order valence-corrected chi connectivity index (χ4v) is 2.97. The van der Waals surface area contributed by atoms with Gasteiger partial charge in [-0.3, -0.25) is 0 Å². The normalized spacial score (nSPS) is 17.2. The van der Waals surface area contributed by atoms with Gasteiger partial charge in [0.1, 0.15) is 5.69 Å². The molecule has 2 aromatic rings. The summed E-state index contributed by atoms with van der Waals surface area (Å²) in [5.41, 5.74) is 2.16. The molecule has 1 aromatic carbocycles. The lowest BCUT2D eigenvalue weighted by Crippen LogP contribution is -2.38. The first kappa shape index (κ1) is 13.9. The molecule has 1 aromatic heterocycles. The number of aromatic carboxylic acids is 1. The summed E-state index contributed by atoms with van der Waals surface area (Å²) >= 11 is 0. The van der Waals surface area contributed by atoms with Crippen molar-refractivity contribution in [3.05, 3.63) is 30.0 Å². The molecule has 0 atom stereocenters. The molecule has 0 radical (unpaired) electrons. The maximum atomic E-state index is 11.0. The number of hydrogen-bond acceptors (Lipinski definition) is 3. The van der Waals surface area contributed by atoms with Crippen molar-refractivity contribution in [2.24, 2.45) is 0 Å². The van der Waals surface area contributed by atoms with Crippen LogP contribution in [-0.2, 0) is 0 Å². The van der Waals surface area contributed by atoms with Gasteiger partial charge in [0.2, 0.25) is 0 Å². The average Bonchev–Trinajstić information content (AvgIpc) is 2.91. The van der Waals surface area contributed by atoms with Gasteiger partial charge in [-0.15, -0.1) is 0 Å². The maximum absolute atomic E-state index is 11.0. The minimum absolute atomic E-state index is 0.235. The smallest absolute Gasteiger partial charge is 0.352 e. The third kappa shape index (κ3) is 3.03. The summed E-state index contributed by atoms with van der Waals surface area (Å²) in [5, 5.41) is 13.5. The van der Waals surface area contributed by atoms with Crippen LogP contribution in [0.2, 0.25) is 0 Å². The van der Waals surface area contributed by atoms with Crippen molar-refractivity contribution in [3.63, 3.8) is 0 Å². The number of benzene rings is 1. The third-order valence-corrected chi connectivity index (χ3v) is 4.26. The lowest BCUT2D eigenvalue weighted by molar-refractivity contribution is 0.0691. The molecule has 1 saturated heterocycles. The van der Waals surface area contributed by atoms with Crippen molar-refractivity contribution < 1.29 is 9.90 Å². The van der Waals surface area contributed by atoms with Crippen LogP contribution in [0.5, 0.6) is 0 Å². The van der Waals surface area contributed by atoms with E-state index in [-0.39, 0.29) is 5.69 Å². The number of hydrogen-bond donors (Lipinski definition) is 3. The summed E-state index contributed by atoms with van der Waals surface area (Å²) in [5.74, 6) is -0.923. The number of fused-ring (bicyclic) bond motifs is 1. The molecule has 1 fully saturated rings. The number of carbonyl (C=O) groups is 1. The zero-order valence-electron chi connectivity index (χ0n) is 12.2. The van der Waals surface area contributed by atoms with Crippen molar-refractivity contribution in [2.45, 2.75) is 25.8 Å². The largest absolute Gasteiger partial charge is 0.477 e. The number of carboxylic acid groups (broad SMARTS) is 1. The number of nitrogens with zero attached hydrogens (tertiary/aromatic N) is 1. The first-order valence-corrected chi connectivity index (χ1v) is 7.50. The van der Waals surface area contributed by atoms with E-state index in [2.05, 4.69) is 22.1 Å². The van der Waals surface area contributed by atoms with E-state index in [1.807, 2.05) is 18.2 Å². The van der Waals surface area contributed by atoms with E-state index in [1.54, 1.807) is 6.07 Å². The van der Waals surface area contributed by atoms with Gasteiger partial charge in [0.05, 0.1) is 0 Å². The van der Waals surface area contributed by atoms with E-state index in [1.165, 1.54) is 0 Å². The van der Waals surface area contributed by atoms with Crippen LogP contribution in [0.25, 0.3) is 10.9 Å². The van der Waals surface area contributed by atoms with Gasteiger partial charge in [-0.05, 0) is 43.7 Å². The highest BCUT2D eigenvalue weighted by atomic mass is 16.4. The Labute approximate surface area is 124 Å². The second kappa shape index (κ2) is 5.77. The molecule has 5 nitrogen and oxygen atoms in total. The average molecular weight is 287 g/mol. The third-order valence-electron chi connectivity index (χ3n) is 4.26. The number of aromatic nitrogens is 1. The number of carboxylic acids is 1. The summed E-state index contributed by atoms with van der Waals surface area (Å²) in [6, 6.07) is 8.15. The molecule has 3 rings (SSSR count). The minimum Gasteiger partial charge on any atom is -0.477 e. The molecule has 5 heteroatoms. The molecule has 0 aliphatic carbocycles. The fourth-order valence-electron chi connectivity index (χ4n) is 2.97. The number of anilines is 1. The van der Waals surface area contributed by atoms with Gasteiger partial charge in [-0.1, -0.05) is 6.92 Å². The van der Waals surface area contributed by atoms with Crippen LogP contribution in [0.1, 0.15) is 30.3 Å². The lowest BCUT2D eigenvalue weighted by Gasteiger charge is -2.32. The Morgan fingerprint density at radius 3 is 2.81 bits per heavy atom. The van der Waals surface area contributed by atoms with Crippen LogP contribution in [-0.4, -0.2) is 46.6 Å². The predicted octanol–water partition coefficient (Wildman–Crippen LogP) is 2.76. The number of likely N-dealkylation sites (tertiary alicyclic amines) is 1. The van der Waals surface area contributed by atoms with Crippen LogP contribution in [0.3, 0.4) is 0 Å². The summed E-state index contributed by atoms with van der Waals surface area (Å²) in [4.78, 5) is 16.4. The SMILES string of the molecule is CCN1CCC(Nc2ccc3[nH]c(C(=O)O)cc3c2)CC1. The van der Waals surface area contributed by atoms with Crippen molar-refractivity contribution in [1.29, 1.82) is 0 Å². The molecule has 21 heavy (non-hydrogen) atoms. The second-order valence-corrected chi connectivity index (χ2v) is 5.64. The number of piperidine rings is 1. The molecule has 0 unspecified atom stereocenters. The van der Waals surface area contributed by atoms with E-state index in [4.69, 9.17) is 5.11 Å². The highest BCUT2D eigenvalue weighted by molar-refractivity contribution is 5.94. The molecular formula is C16H21N3O2. The molecule has 3 N–H and O–H groups in total. The zero-order chi connectivity index (χ0) is 14.8. The zero-order valence-corrected chi connectivity index (χ0v) is 12.2. The Kier molecular flexibility index (Phi) is 3.84. The molecule has 0 spiro atoms. The standard InChI is InChI=1S/C16H21N3O2/c1-2-19-7-5-12(6-8-19)17-13-3-4-14-11(9-13)10-15(18-14)16(20)21/h3-4,9-10,12,17-18H,2,5-8H2,1H3,(H,20,21). The van der Waals surface area contributed by atoms with Gasteiger partial charge in [0.25, 0.3) is 0 Å². The number of aromatic amines is 1. The Morgan fingerprint density at radius 1 is 1.38 bits per heavy atom. The van der Waals surface area contributed by atoms with E-state index >= 15 is 0 Å². The second-order valence-electron chi connectivity index (χ2n) is 5.64.